The van der Waals surface area contributed by atoms with Gasteiger partial charge in [0.1, 0.15) is 27.9 Å². The van der Waals surface area contributed by atoms with Gasteiger partial charge in [-0.1, -0.05) is 90.1 Å². The number of carbonyl (C=O) groups is 3. The van der Waals surface area contributed by atoms with Gasteiger partial charge in [-0.25, -0.2) is 13.4 Å². The van der Waals surface area contributed by atoms with Gasteiger partial charge in [-0.05, 0) is 41.8 Å². The van der Waals surface area contributed by atoms with Crippen LogP contribution in [0.3, 0.4) is 0 Å². The highest BCUT2D eigenvalue weighted by molar-refractivity contribution is 7.91. The fraction of sp³-hybridized carbons (Fsp3) is 0.184. The lowest BCUT2D eigenvalue weighted by Gasteiger charge is -2.30. The van der Waals surface area contributed by atoms with Crippen LogP contribution in [0.5, 0.6) is 0 Å². The Balaban J connectivity index is 1.27. The molecule has 53 heavy (non-hydrogen) atoms. The van der Waals surface area contributed by atoms with Crippen LogP contribution < -0.4 is 16.4 Å². The van der Waals surface area contributed by atoms with Crippen molar-refractivity contribution >= 4 is 50.0 Å². The Morgan fingerprint density at radius 2 is 1.55 bits per heavy atom. The number of carbonyl (C=O) groups excluding carboxylic acids is 3. The molecule has 0 saturated heterocycles. The fourth-order valence-electron chi connectivity index (χ4n) is 5.70. The van der Waals surface area contributed by atoms with E-state index in [1.807, 2.05) is 24.3 Å². The lowest BCUT2D eigenvalue weighted by Crippen LogP contribution is -2.56. The van der Waals surface area contributed by atoms with E-state index in [0.29, 0.717) is 21.7 Å². The number of para-hydroxylation sites is 1. The number of rotatable bonds is 16. The van der Waals surface area contributed by atoms with Crippen molar-refractivity contribution in [2.45, 2.75) is 41.8 Å². The smallest absolute Gasteiger partial charge is 0.270 e. The van der Waals surface area contributed by atoms with Crippen LogP contribution >= 0.6 is 11.3 Å². The van der Waals surface area contributed by atoms with E-state index in [2.05, 4.69) is 20.8 Å². The molecule has 3 amide bonds. The predicted molar refractivity (Wildman–Crippen MR) is 199 cm³/mol. The topological polar surface area (TPSA) is 198 Å². The van der Waals surface area contributed by atoms with Crippen LogP contribution in [0.15, 0.2) is 130 Å². The van der Waals surface area contributed by atoms with Gasteiger partial charge in [0.2, 0.25) is 11.8 Å². The second kappa shape index (κ2) is 16.7. The Kier molecular flexibility index (Phi) is 11.7. The Morgan fingerprint density at radius 1 is 0.849 bits per heavy atom. The van der Waals surface area contributed by atoms with Crippen molar-refractivity contribution < 1.29 is 32.4 Å². The summed E-state index contributed by atoms with van der Waals surface area (Å²) >= 11 is 1.01. The molecular formula is C38H36N6O7S2. The van der Waals surface area contributed by atoms with Gasteiger partial charge in [0.05, 0.1) is 29.0 Å². The molecule has 3 aromatic heterocycles. The van der Waals surface area contributed by atoms with E-state index in [4.69, 9.17) is 10.3 Å². The molecule has 0 spiro atoms. The zero-order valence-corrected chi connectivity index (χ0v) is 29.9. The highest BCUT2D eigenvalue weighted by Crippen LogP contribution is 2.32. The number of pyridine rings is 1. The number of benzene rings is 3. The summed E-state index contributed by atoms with van der Waals surface area (Å²) in [6.07, 6.45) is -0.520. The first kappa shape index (κ1) is 37.0. The minimum atomic E-state index is -4.20. The summed E-state index contributed by atoms with van der Waals surface area (Å²) in [6, 6.07) is 30.6. The molecule has 3 aromatic carbocycles. The van der Waals surface area contributed by atoms with E-state index in [1.165, 1.54) is 18.4 Å². The SMILES string of the molecule is NC(=O)C[C@H](NC(=O)c1ccc2ccccc2n1)C(=O)N[C@@H](Cc1ccccc1)[C@H](O)CN(Cc1ccccc1)S(=O)(=O)c1ccc(-c2ccon2)s1. The lowest BCUT2D eigenvalue weighted by atomic mass is 10.00. The van der Waals surface area contributed by atoms with Gasteiger partial charge < -0.3 is 26.0 Å². The summed E-state index contributed by atoms with van der Waals surface area (Å²) in [6.45, 7) is -0.497. The van der Waals surface area contributed by atoms with Crippen LogP contribution in [0.1, 0.15) is 28.0 Å². The average Bonchev–Trinajstić information content (AvgIpc) is 3.88. The number of hydrogen-bond acceptors (Lipinski definition) is 10. The number of aliphatic hydroxyl groups is 1. The average molecular weight is 753 g/mol. The fourth-order valence-corrected chi connectivity index (χ4v) is 8.57. The Labute approximate surface area is 309 Å². The van der Waals surface area contributed by atoms with Crippen molar-refractivity contribution in [2.24, 2.45) is 5.73 Å². The molecular weight excluding hydrogens is 717 g/mol. The van der Waals surface area contributed by atoms with E-state index in [-0.39, 0.29) is 22.9 Å². The van der Waals surface area contributed by atoms with Crippen molar-refractivity contribution in [2.75, 3.05) is 6.54 Å². The van der Waals surface area contributed by atoms with E-state index < -0.39 is 58.9 Å². The monoisotopic (exact) mass is 752 g/mol. The number of nitrogens with zero attached hydrogens (tertiary/aromatic N) is 3. The van der Waals surface area contributed by atoms with E-state index in [0.717, 1.165) is 26.6 Å². The number of thiophene rings is 1. The molecule has 3 heterocycles. The Morgan fingerprint density at radius 3 is 2.25 bits per heavy atom. The molecule has 6 aromatic rings. The number of aliphatic hydroxyl groups excluding tert-OH is 1. The molecule has 0 aliphatic rings. The zero-order chi connectivity index (χ0) is 37.4. The minimum Gasteiger partial charge on any atom is -0.390 e. The quantitative estimate of drug-likeness (QED) is 0.113. The van der Waals surface area contributed by atoms with Gasteiger partial charge in [0, 0.05) is 24.5 Å². The third-order valence-corrected chi connectivity index (χ3v) is 11.8. The summed E-state index contributed by atoms with van der Waals surface area (Å²) in [5.41, 5.74) is 7.97. The lowest BCUT2D eigenvalue weighted by molar-refractivity contribution is -0.128. The summed E-state index contributed by atoms with van der Waals surface area (Å²) in [4.78, 5) is 44.2. The van der Waals surface area contributed by atoms with Gasteiger partial charge in [-0.3, -0.25) is 14.4 Å². The summed E-state index contributed by atoms with van der Waals surface area (Å²) < 4.78 is 34.5. The first-order valence-electron chi connectivity index (χ1n) is 16.6. The normalized spacial score (nSPS) is 13.3. The maximum absolute atomic E-state index is 14.2. The van der Waals surface area contributed by atoms with Crippen LogP contribution in [0.4, 0.5) is 0 Å². The molecule has 0 unspecified atom stereocenters. The molecule has 0 aliphatic heterocycles. The second-order valence-electron chi connectivity index (χ2n) is 12.2. The third-order valence-electron chi connectivity index (χ3n) is 8.41. The molecule has 0 saturated carbocycles. The number of fused-ring (bicyclic) bond motifs is 1. The van der Waals surface area contributed by atoms with Crippen molar-refractivity contribution in [1.82, 2.24) is 25.1 Å². The number of sulfonamides is 1. The third kappa shape index (κ3) is 9.39. The van der Waals surface area contributed by atoms with Crippen molar-refractivity contribution in [3.63, 3.8) is 0 Å². The van der Waals surface area contributed by atoms with Gasteiger partial charge in [0.25, 0.3) is 15.9 Å². The Hall–Kier alpha value is -5.74. The van der Waals surface area contributed by atoms with Crippen LogP contribution in [-0.2, 0) is 32.6 Å². The standard InChI is InChI=1S/C38H36N6O7S2/c39-35(46)22-32(42-37(47)30-16-15-27-13-7-8-14-28(27)40-30)38(48)41-31(21-25-9-3-1-4-10-25)33(45)24-44(23-26-11-5-2-6-12-26)53(49,50)36-18-17-34(52-36)29-19-20-51-43-29/h1-20,31-33,45H,21-24H2,(H2,39,46)(H,41,48)(H,42,47)/t31-,32-,33+/m0/s1. The van der Waals surface area contributed by atoms with Gasteiger partial charge in [-0.15, -0.1) is 11.3 Å². The summed E-state index contributed by atoms with van der Waals surface area (Å²) in [7, 11) is -4.20. The number of amides is 3. The summed E-state index contributed by atoms with van der Waals surface area (Å²) in [5.74, 6) is -2.36. The van der Waals surface area contributed by atoms with Crippen molar-refractivity contribution in [3.05, 3.63) is 138 Å². The van der Waals surface area contributed by atoms with Gasteiger partial charge in [0.15, 0.2) is 0 Å². The van der Waals surface area contributed by atoms with Crippen molar-refractivity contribution in [3.8, 4) is 10.6 Å². The molecule has 6 rings (SSSR count). The summed E-state index contributed by atoms with van der Waals surface area (Å²) in [5, 5.41) is 21.9. The predicted octanol–water partition coefficient (Wildman–Crippen LogP) is 3.90. The molecule has 5 N–H and O–H groups in total. The first-order chi connectivity index (χ1) is 25.6. The molecule has 3 atom stereocenters. The minimum absolute atomic E-state index is 0.0220. The largest absolute Gasteiger partial charge is 0.390 e. The van der Waals surface area contributed by atoms with E-state index >= 15 is 0 Å². The zero-order valence-electron chi connectivity index (χ0n) is 28.2. The highest BCUT2D eigenvalue weighted by atomic mass is 32.2. The van der Waals surface area contributed by atoms with Gasteiger partial charge in [-0.2, -0.15) is 4.31 Å². The molecule has 272 valence electrons. The second-order valence-corrected chi connectivity index (χ2v) is 15.5. The first-order valence-corrected chi connectivity index (χ1v) is 18.8. The maximum Gasteiger partial charge on any atom is 0.270 e. The van der Waals surface area contributed by atoms with Crippen LogP contribution in [0.25, 0.3) is 21.5 Å². The number of hydrogen-bond donors (Lipinski definition) is 4. The molecule has 0 fully saturated rings. The number of aromatic nitrogens is 2. The molecule has 0 aliphatic carbocycles. The number of primary amides is 1. The van der Waals surface area contributed by atoms with Crippen LogP contribution in [0, 0.1) is 0 Å². The molecule has 15 heteroatoms. The molecule has 0 bridgehead atoms. The van der Waals surface area contributed by atoms with Crippen LogP contribution in [0.2, 0.25) is 0 Å². The number of nitrogens with one attached hydrogen (secondary N) is 2. The number of nitrogens with two attached hydrogens (primary N) is 1. The Bertz CT molecular complexity index is 2280. The van der Waals surface area contributed by atoms with E-state index in [1.54, 1.807) is 78.9 Å². The molecule has 13 nitrogen and oxygen atoms in total. The van der Waals surface area contributed by atoms with Crippen molar-refractivity contribution in [1.29, 1.82) is 0 Å². The van der Waals surface area contributed by atoms with Crippen LogP contribution in [-0.4, -0.2) is 70.4 Å². The van der Waals surface area contributed by atoms with E-state index in [9.17, 15) is 27.9 Å². The maximum atomic E-state index is 14.2. The molecule has 0 radical (unpaired) electrons. The highest BCUT2D eigenvalue weighted by Gasteiger charge is 2.34. The van der Waals surface area contributed by atoms with Gasteiger partial charge >= 0.3 is 0 Å².